The summed E-state index contributed by atoms with van der Waals surface area (Å²) >= 11 is 0. The minimum Gasteiger partial charge on any atom is -0.465 e. The number of rotatable bonds is 4. The minimum atomic E-state index is -0.505. The molecule has 7 heteroatoms. The number of methoxy groups -OCH3 is 1. The Morgan fingerprint density at radius 3 is 2.33 bits per heavy atom. The number of ether oxygens (including phenoxy) is 1. The van der Waals surface area contributed by atoms with Crippen LogP contribution in [0.2, 0.25) is 0 Å². The molecule has 4 N–H and O–H groups in total. The molecule has 7 nitrogen and oxygen atoms in total. The molecule has 1 heterocycles. The van der Waals surface area contributed by atoms with Crippen LogP contribution in [0.5, 0.6) is 0 Å². The van der Waals surface area contributed by atoms with Gasteiger partial charge in [-0.2, -0.15) is 10.1 Å². The van der Waals surface area contributed by atoms with E-state index in [0.717, 1.165) is 11.3 Å². The quantitative estimate of drug-likeness (QED) is 0.457. The number of esters is 1. The Morgan fingerprint density at radius 2 is 1.64 bits per heavy atom. The van der Waals surface area contributed by atoms with Crippen LogP contribution in [-0.4, -0.2) is 24.7 Å². The van der Waals surface area contributed by atoms with Crippen LogP contribution < -0.4 is 16.5 Å². The second-order valence-corrected chi connectivity index (χ2v) is 8.61. The normalized spacial score (nSPS) is 15.2. The summed E-state index contributed by atoms with van der Waals surface area (Å²) in [5.41, 5.74) is 16.3. The summed E-state index contributed by atoms with van der Waals surface area (Å²) < 4.78 is 4.96. The third-order valence-electron chi connectivity index (χ3n) is 5.79. The second-order valence-electron chi connectivity index (χ2n) is 8.61. The fourth-order valence-corrected chi connectivity index (χ4v) is 4.08. The van der Waals surface area contributed by atoms with Gasteiger partial charge in [-0.3, -0.25) is 4.79 Å². The summed E-state index contributed by atoms with van der Waals surface area (Å²) in [5, 5.41) is 6.21. The van der Waals surface area contributed by atoms with Crippen LogP contribution in [0.25, 0.3) is 11.1 Å². The number of hydrogen-bond donors (Lipinski definition) is 2. The van der Waals surface area contributed by atoms with Gasteiger partial charge >= 0.3 is 5.97 Å². The number of nitrogens with zero attached hydrogens (tertiary/aromatic N) is 2. The van der Waals surface area contributed by atoms with Gasteiger partial charge in [0.15, 0.2) is 0 Å². The Kier molecular flexibility index (Phi) is 5.64. The number of nitrogens with two attached hydrogens (primary N) is 2. The molecule has 0 saturated carbocycles. The lowest BCUT2D eigenvalue weighted by Crippen LogP contribution is -2.42. The van der Waals surface area contributed by atoms with Gasteiger partial charge in [-0.25, -0.2) is 4.79 Å². The Morgan fingerprint density at radius 1 is 0.970 bits per heavy atom. The number of amides is 1. The van der Waals surface area contributed by atoms with E-state index in [1.54, 1.807) is 24.3 Å². The maximum atomic E-state index is 13.2. The highest BCUT2D eigenvalue weighted by molar-refractivity contribution is 6.13. The predicted octanol–water partition coefficient (Wildman–Crippen LogP) is 4.47. The zero-order chi connectivity index (χ0) is 23.8. The van der Waals surface area contributed by atoms with E-state index in [1.165, 1.54) is 12.1 Å². The maximum Gasteiger partial charge on any atom is 0.338 e. The van der Waals surface area contributed by atoms with Crippen LogP contribution >= 0.6 is 0 Å². The number of hydrazone groups is 1. The molecule has 168 valence electrons. The van der Waals surface area contributed by atoms with E-state index >= 15 is 0 Å². The average molecular weight is 443 g/mol. The second kappa shape index (κ2) is 8.43. The number of nitrogen functional groups attached to an aromatic ring is 2. The molecule has 4 rings (SSSR count). The number of para-hydroxylation sites is 1. The summed E-state index contributed by atoms with van der Waals surface area (Å²) in [6, 6.07) is 19.9. The van der Waals surface area contributed by atoms with Crippen LogP contribution in [0.3, 0.4) is 0 Å². The highest BCUT2D eigenvalue weighted by Gasteiger charge is 2.38. The lowest BCUT2D eigenvalue weighted by atomic mass is 9.79. The predicted molar refractivity (Wildman–Crippen MR) is 131 cm³/mol. The Labute approximate surface area is 192 Å². The number of carbonyl (C=O) groups is 2. The van der Waals surface area contributed by atoms with Gasteiger partial charge in [-0.1, -0.05) is 56.3 Å². The van der Waals surface area contributed by atoms with Crippen molar-refractivity contribution < 1.29 is 14.3 Å². The first kappa shape index (κ1) is 22.1. The van der Waals surface area contributed by atoms with E-state index < -0.39 is 11.4 Å². The van der Waals surface area contributed by atoms with Crippen LogP contribution in [0, 0.1) is 5.41 Å². The third-order valence-corrected chi connectivity index (χ3v) is 5.79. The lowest BCUT2D eigenvalue weighted by molar-refractivity contribution is -0.120. The fraction of sp³-hybridized carbons (Fsp3) is 0.192. The summed E-state index contributed by atoms with van der Waals surface area (Å²) in [6.45, 7) is 3.96. The zero-order valence-corrected chi connectivity index (χ0v) is 18.8. The monoisotopic (exact) mass is 442 g/mol. The number of anilines is 3. The van der Waals surface area contributed by atoms with Crippen molar-refractivity contribution in [2.75, 3.05) is 23.6 Å². The first-order valence-corrected chi connectivity index (χ1v) is 10.6. The molecule has 33 heavy (non-hydrogen) atoms. The van der Waals surface area contributed by atoms with Crippen molar-refractivity contribution in [3.63, 3.8) is 0 Å². The van der Waals surface area contributed by atoms with Crippen LogP contribution in [0.1, 0.15) is 36.2 Å². The van der Waals surface area contributed by atoms with Gasteiger partial charge in [0.05, 0.1) is 35.4 Å². The SMILES string of the molecule is COC(=O)c1ccccc1-c1ccccc1N1N=C(c2ccc(N)c(N)c2)C(C)(C)CC1=O. The van der Waals surface area contributed by atoms with Crippen molar-refractivity contribution in [2.45, 2.75) is 20.3 Å². The molecule has 0 unspecified atom stereocenters. The van der Waals surface area contributed by atoms with E-state index in [2.05, 4.69) is 0 Å². The first-order valence-electron chi connectivity index (χ1n) is 10.6. The van der Waals surface area contributed by atoms with Crippen LogP contribution in [-0.2, 0) is 9.53 Å². The number of hydrogen-bond acceptors (Lipinski definition) is 6. The highest BCUT2D eigenvalue weighted by Crippen LogP contribution is 2.39. The zero-order valence-electron chi connectivity index (χ0n) is 18.8. The molecule has 3 aromatic rings. The third kappa shape index (κ3) is 4.05. The van der Waals surface area contributed by atoms with E-state index in [1.807, 2.05) is 56.3 Å². The van der Waals surface area contributed by atoms with Crippen molar-refractivity contribution in [1.82, 2.24) is 0 Å². The molecule has 1 aliphatic rings. The van der Waals surface area contributed by atoms with Crippen molar-refractivity contribution >= 4 is 34.7 Å². The molecule has 1 aliphatic heterocycles. The molecular formula is C26H26N4O3. The van der Waals surface area contributed by atoms with Crippen LogP contribution in [0.15, 0.2) is 71.8 Å². The topological polar surface area (TPSA) is 111 Å². The molecule has 0 radical (unpaired) electrons. The number of carbonyl (C=O) groups excluding carboxylic acids is 2. The average Bonchev–Trinajstić information content (AvgIpc) is 2.80. The smallest absolute Gasteiger partial charge is 0.338 e. The maximum absolute atomic E-state index is 13.2. The van der Waals surface area contributed by atoms with Gasteiger partial charge in [-0.15, -0.1) is 0 Å². The van der Waals surface area contributed by atoms with E-state index in [9.17, 15) is 9.59 Å². The molecule has 0 bridgehead atoms. The van der Waals surface area contributed by atoms with Crippen molar-refractivity contribution in [3.8, 4) is 11.1 Å². The van der Waals surface area contributed by atoms with Gasteiger partial charge in [-0.05, 0) is 29.8 Å². The van der Waals surface area contributed by atoms with Gasteiger partial charge in [0.1, 0.15) is 0 Å². The molecule has 0 atom stereocenters. The van der Waals surface area contributed by atoms with Crippen molar-refractivity contribution in [1.29, 1.82) is 0 Å². The Hall–Kier alpha value is -4.13. The van der Waals surface area contributed by atoms with Gasteiger partial charge < -0.3 is 16.2 Å². The van der Waals surface area contributed by atoms with Crippen molar-refractivity contribution in [3.05, 3.63) is 77.9 Å². The van der Waals surface area contributed by atoms with Crippen LogP contribution in [0.4, 0.5) is 17.1 Å². The van der Waals surface area contributed by atoms with E-state index in [0.29, 0.717) is 33.8 Å². The molecule has 0 aromatic heterocycles. The molecule has 0 fully saturated rings. The van der Waals surface area contributed by atoms with Gasteiger partial charge in [0.25, 0.3) is 0 Å². The van der Waals surface area contributed by atoms with Crippen molar-refractivity contribution in [2.24, 2.45) is 10.5 Å². The van der Waals surface area contributed by atoms with Gasteiger partial charge in [0, 0.05) is 23.0 Å². The summed E-state index contributed by atoms with van der Waals surface area (Å²) in [5.74, 6) is -0.594. The lowest BCUT2D eigenvalue weighted by Gasteiger charge is -2.35. The Bertz CT molecular complexity index is 1280. The molecule has 3 aromatic carbocycles. The van der Waals surface area contributed by atoms with E-state index in [4.69, 9.17) is 21.3 Å². The molecule has 1 amide bonds. The van der Waals surface area contributed by atoms with E-state index in [-0.39, 0.29) is 12.3 Å². The highest BCUT2D eigenvalue weighted by atomic mass is 16.5. The molecular weight excluding hydrogens is 416 g/mol. The van der Waals surface area contributed by atoms with Gasteiger partial charge in [0.2, 0.25) is 5.91 Å². The Balaban J connectivity index is 1.89. The largest absolute Gasteiger partial charge is 0.465 e. The molecule has 0 aliphatic carbocycles. The summed E-state index contributed by atoms with van der Waals surface area (Å²) in [6.07, 6.45) is 0.253. The standard InChI is InChI=1S/C26H26N4O3/c1-26(2)15-23(31)30(29-24(26)16-12-13-20(27)21(28)14-16)22-11-7-6-9-18(22)17-8-4-5-10-19(17)25(32)33-3/h4-14H,15,27-28H2,1-3H3. The minimum absolute atomic E-state index is 0.143. The summed E-state index contributed by atoms with van der Waals surface area (Å²) in [4.78, 5) is 25.6. The first-order chi connectivity index (χ1) is 15.7. The molecule has 0 saturated heterocycles. The molecule has 0 spiro atoms. The fourth-order valence-electron chi connectivity index (χ4n) is 4.08. The summed E-state index contributed by atoms with van der Waals surface area (Å²) in [7, 11) is 1.34. The number of benzene rings is 3.